The Morgan fingerprint density at radius 2 is 2.29 bits per heavy atom. The first-order valence-corrected chi connectivity index (χ1v) is 7.61. The fourth-order valence-corrected chi connectivity index (χ4v) is 2.80. The van der Waals surface area contributed by atoms with Crippen molar-refractivity contribution in [1.82, 2.24) is 9.88 Å². The van der Waals surface area contributed by atoms with Crippen molar-refractivity contribution in [2.45, 2.75) is 13.3 Å². The van der Waals surface area contributed by atoms with Crippen LogP contribution in [-0.4, -0.2) is 40.6 Å². The second kappa shape index (κ2) is 7.28. The minimum atomic E-state index is -0.277. The summed E-state index contributed by atoms with van der Waals surface area (Å²) in [5.74, 6) is -0.464. The molecule has 1 N–H and O–H groups in total. The van der Waals surface area contributed by atoms with Gasteiger partial charge in [0.2, 0.25) is 0 Å². The molecule has 2 aromatic rings. The third-order valence-corrected chi connectivity index (χ3v) is 3.90. The smallest absolute Gasteiger partial charge is 0.273 e. The molecule has 0 aliphatic carbocycles. The summed E-state index contributed by atoms with van der Waals surface area (Å²) < 4.78 is 13.1. The van der Waals surface area contributed by atoms with Gasteiger partial charge in [-0.15, -0.1) is 11.3 Å². The SMILES string of the molecule is CCN(CCO)C(=O)c1csc(Cc2cccc(F)c2)n1. The number of aromatic nitrogens is 1. The molecule has 112 valence electrons. The third kappa shape index (κ3) is 4.09. The number of aliphatic hydroxyl groups excluding tert-OH is 1. The largest absolute Gasteiger partial charge is 0.395 e. The van der Waals surface area contributed by atoms with Gasteiger partial charge in [-0.2, -0.15) is 0 Å². The van der Waals surface area contributed by atoms with E-state index in [0.29, 0.717) is 25.2 Å². The van der Waals surface area contributed by atoms with E-state index in [-0.39, 0.29) is 18.3 Å². The Hall–Kier alpha value is -1.79. The molecular formula is C15H17FN2O2S. The number of hydrogen-bond acceptors (Lipinski definition) is 4. The van der Waals surface area contributed by atoms with Crippen LogP contribution in [0.2, 0.25) is 0 Å². The summed E-state index contributed by atoms with van der Waals surface area (Å²) in [7, 11) is 0. The van der Waals surface area contributed by atoms with Gasteiger partial charge in [0, 0.05) is 24.9 Å². The van der Waals surface area contributed by atoms with Crippen molar-refractivity contribution in [1.29, 1.82) is 0 Å². The topological polar surface area (TPSA) is 53.4 Å². The lowest BCUT2D eigenvalue weighted by Gasteiger charge is -2.18. The Bertz CT molecular complexity index is 615. The lowest BCUT2D eigenvalue weighted by atomic mass is 10.1. The average molecular weight is 308 g/mol. The molecule has 1 aromatic heterocycles. The van der Waals surface area contributed by atoms with Gasteiger partial charge >= 0.3 is 0 Å². The molecule has 0 spiro atoms. The summed E-state index contributed by atoms with van der Waals surface area (Å²) in [5.41, 5.74) is 1.20. The molecule has 0 aliphatic heterocycles. The fourth-order valence-electron chi connectivity index (χ4n) is 2.00. The van der Waals surface area contributed by atoms with Crippen molar-refractivity contribution in [2.24, 2.45) is 0 Å². The molecule has 0 radical (unpaired) electrons. The van der Waals surface area contributed by atoms with Gasteiger partial charge in [-0.3, -0.25) is 4.79 Å². The Balaban J connectivity index is 2.09. The van der Waals surface area contributed by atoms with Crippen molar-refractivity contribution in [3.8, 4) is 0 Å². The highest BCUT2D eigenvalue weighted by atomic mass is 32.1. The highest BCUT2D eigenvalue weighted by molar-refractivity contribution is 7.09. The van der Waals surface area contributed by atoms with Gasteiger partial charge in [-0.1, -0.05) is 12.1 Å². The number of carbonyl (C=O) groups excluding carboxylic acids is 1. The quantitative estimate of drug-likeness (QED) is 0.891. The third-order valence-electron chi connectivity index (χ3n) is 3.05. The number of thiazole rings is 1. The van der Waals surface area contributed by atoms with Crippen LogP contribution < -0.4 is 0 Å². The second-order valence-corrected chi connectivity index (χ2v) is 5.48. The second-order valence-electron chi connectivity index (χ2n) is 4.54. The van der Waals surface area contributed by atoms with Gasteiger partial charge in [0.25, 0.3) is 5.91 Å². The van der Waals surface area contributed by atoms with Crippen LogP contribution in [0.1, 0.15) is 28.0 Å². The van der Waals surface area contributed by atoms with Crippen LogP contribution in [0.4, 0.5) is 4.39 Å². The first-order valence-electron chi connectivity index (χ1n) is 6.73. The molecule has 0 bridgehead atoms. The van der Waals surface area contributed by atoms with Crippen LogP contribution in [0, 0.1) is 5.82 Å². The molecule has 2 rings (SSSR count). The molecule has 4 nitrogen and oxygen atoms in total. The van der Waals surface area contributed by atoms with Gasteiger partial charge in [0.15, 0.2) is 0 Å². The van der Waals surface area contributed by atoms with Crippen LogP contribution in [0.5, 0.6) is 0 Å². The number of benzene rings is 1. The van der Waals surface area contributed by atoms with Gasteiger partial charge in [0.1, 0.15) is 11.5 Å². The van der Waals surface area contributed by atoms with Crippen LogP contribution >= 0.6 is 11.3 Å². The summed E-state index contributed by atoms with van der Waals surface area (Å²) in [6.45, 7) is 2.61. The zero-order chi connectivity index (χ0) is 15.2. The van der Waals surface area contributed by atoms with E-state index in [9.17, 15) is 9.18 Å². The zero-order valence-electron chi connectivity index (χ0n) is 11.8. The van der Waals surface area contributed by atoms with Crippen molar-refractivity contribution < 1.29 is 14.3 Å². The molecule has 0 saturated carbocycles. The first-order chi connectivity index (χ1) is 10.1. The molecule has 0 atom stereocenters. The molecular weight excluding hydrogens is 291 g/mol. The molecule has 21 heavy (non-hydrogen) atoms. The lowest BCUT2D eigenvalue weighted by molar-refractivity contribution is 0.0727. The number of nitrogens with zero attached hydrogens (tertiary/aromatic N) is 2. The van der Waals surface area contributed by atoms with Crippen LogP contribution in [0.3, 0.4) is 0 Å². The van der Waals surface area contributed by atoms with E-state index in [4.69, 9.17) is 5.11 Å². The van der Waals surface area contributed by atoms with Gasteiger partial charge < -0.3 is 10.0 Å². The predicted octanol–water partition coefficient (Wildman–Crippen LogP) is 2.33. The molecule has 0 fully saturated rings. The molecule has 0 aliphatic rings. The molecule has 1 aromatic carbocycles. The monoisotopic (exact) mass is 308 g/mol. The minimum Gasteiger partial charge on any atom is -0.395 e. The van der Waals surface area contributed by atoms with Gasteiger partial charge in [-0.05, 0) is 24.6 Å². The molecule has 1 amide bonds. The Morgan fingerprint density at radius 3 is 2.95 bits per heavy atom. The number of hydrogen-bond donors (Lipinski definition) is 1. The van der Waals surface area contributed by atoms with E-state index < -0.39 is 0 Å². The zero-order valence-corrected chi connectivity index (χ0v) is 12.6. The summed E-state index contributed by atoms with van der Waals surface area (Å²) in [6, 6.07) is 6.35. The minimum absolute atomic E-state index is 0.0696. The number of aliphatic hydroxyl groups is 1. The number of halogens is 1. The number of amides is 1. The highest BCUT2D eigenvalue weighted by Gasteiger charge is 2.17. The Labute approximate surface area is 126 Å². The summed E-state index contributed by atoms with van der Waals surface area (Å²) >= 11 is 1.38. The van der Waals surface area contributed by atoms with E-state index in [1.165, 1.54) is 23.5 Å². The average Bonchev–Trinajstić information content (AvgIpc) is 2.92. The van der Waals surface area contributed by atoms with Crippen molar-refractivity contribution in [3.05, 3.63) is 51.7 Å². The van der Waals surface area contributed by atoms with E-state index in [1.54, 1.807) is 16.3 Å². The summed E-state index contributed by atoms with van der Waals surface area (Å²) in [5, 5.41) is 11.4. The molecule has 0 saturated heterocycles. The van der Waals surface area contributed by atoms with Gasteiger partial charge in [-0.25, -0.2) is 9.37 Å². The summed E-state index contributed by atoms with van der Waals surface area (Å²) in [4.78, 5) is 18.0. The summed E-state index contributed by atoms with van der Waals surface area (Å²) in [6.07, 6.45) is 0.502. The van der Waals surface area contributed by atoms with E-state index in [1.807, 2.05) is 13.0 Å². The maximum Gasteiger partial charge on any atom is 0.273 e. The van der Waals surface area contributed by atoms with Crippen molar-refractivity contribution >= 4 is 17.2 Å². The van der Waals surface area contributed by atoms with Gasteiger partial charge in [0.05, 0.1) is 11.6 Å². The van der Waals surface area contributed by atoms with Crippen molar-refractivity contribution in [3.63, 3.8) is 0 Å². The van der Waals surface area contributed by atoms with Crippen LogP contribution in [0.15, 0.2) is 29.6 Å². The number of rotatable bonds is 6. The first kappa shape index (κ1) is 15.6. The Kier molecular flexibility index (Phi) is 5.41. The maximum absolute atomic E-state index is 13.1. The van der Waals surface area contributed by atoms with E-state index in [2.05, 4.69) is 4.98 Å². The standard InChI is InChI=1S/C15H17FN2O2S/c1-2-18(6-7-19)15(20)13-10-21-14(17-13)9-11-4-3-5-12(16)8-11/h3-5,8,10,19H,2,6-7,9H2,1H3. The molecule has 6 heteroatoms. The Morgan fingerprint density at radius 1 is 1.48 bits per heavy atom. The fraction of sp³-hybridized carbons (Fsp3) is 0.333. The number of carbonyl (C=O) groups is 1. The van der Waals surface area contributed by atoms with Crippen LogP contribution in [-0.2, 0) is 6.42 Å². The van der Waals surface area contributed by atoms with Crippen LogP contribution in [0.25, 0.3) is 0 Å². The molecule has 1 heterocycles. The predicted molar refractivity (Wildman–Crippen MR) is 80.0 cm³/mol. The number of likely N-dealkylation sites (N-methyl/N-ethyl adjacent to an activating group) is 1. The lowest BCUT2D eigenvalue weighted by Crippen LogP contribution is -2.33. The van der Waals surface area contributed by atoms with Crippen molar-refractivity contribution in [2.75, 3.05) is 19.7 Å². The highest BCUT2D eigenvalue weighted by Crippen LogP contribution is 2.16. The molecule has 0 unspecified atom stereocenters. The van der Waals surface area contributed by atoms with E-state index in [0.717, 1.165) is 10.6 Å². The van der Waals surface area contributed by atoms with E-state index >= 15 is 0 Å². The normalized spacial score (nSPS) is 10.6. The maximum atomic E-state index is 13.1.